The summed E-state index contributed by atoms with van der Waals surface area (Å²) in [4.78, 5) is 46.1. The number of benzene rings is 4. The highest BCUT2D eigenvalue weighted by Crippen LogP contribution is 2.58. The summed E-state index contributed by atoms with van der Waals surface area (Å²) in [5, 5.41) is 3.09. The Bertz CT molecular complexity index is 1760. The van der Waals surface area contributed by atoms with Crippen molar-refractivity contribution in [1.29, 1.82) is 0 Å². The van der Waals surface area contributed by atoms with Crippen molar-refractivity contribution in [2.24, 2.45) is 5.92 Å². The van der Waals surface area contributed by atoms with Gasteiger partial charge in [0.05, 0.1) is 12.0 Å². The number of amides is 1. The Morgan fingerprint density at radius 2 is 1.57 bits per heavy atom. The van der Waals surface area contributed by atoms with E-state index in [-0.39, 0.29) is 17.5 Å². The molecule has 3 aliphatic heterocycles. The number of nitrogens with zero attached hydrogens (tertiary/aromatic N) is 1. The monoisotopic (exact) mass is 552 g/mol. The number of rotatable bonds is 6. The van der Waals surface area contributed by atoms with Crippen LogP contribution in [0.1, 0.15) is 56.3 Å². The molecule has 4 aromatic rings. The second-order valence-electron chi connectivity index (χ2n) is 11.6. The zero-order valence-corrected chi connectivity index (χ0v) is 23.7. The standard InChI is InChI=1S/C37H32N2O3/c1-3-9-24-15-17-26(18-16-24)34(40)32-33(35(41)25-10-5-4-6-11-25)39-30-20-14-23(2)22-27(30)19-21-31(39)37(32)28-12-7-8-13-29(28)38-36(37)42/h4-8,10-22,31-33H,3,9H2,1-2H3,(H,38,42)/t31-,32-,33+,37+/m1/s1. The van der Waals surface area contributed by atoms with E-state index < -0.39 is 23.4 Å². The lowest BCUT2D eigenvalue weighted by Crippen LogP contribution is -2.51. The first-order chi connectivity index (χ1) is 20.4. The van der Waals surface area contributed by atoms with E-state index in [2.05, 4.69) is 23.2 Å². The third-order valence-electron chi connectivity index (χ3n) is 9.17. The zero-order valence-electron chi connectivity index (χ0n) is 23.7. The molecule has 0 aliphatic carbocycles. The van der Waals surface area contributed by atoms with Crippen molar-refractivity contribution in [3.05, 3.63) is 137 Å². The van der Waals surface area contributed by atoms with Gasteiger partial charge in [-0.1, -0.05) is 110 Å². The number of nitrogens with one attached hydrogen (secondary N) is 1. The fourth-order valence-corrected chi connectivity index (χ4v) is 7.38. The van der Waals surface area contributed by atoms with Gasteiger partial charge in [-0.2, -0.15) is 0 Å². The summed E-state index contributed by atoms with van der Waals surface area (Å²) in [6, 6.07) is 29.1. The third kappa shape index (κ3) is 3.73. The van der Waals surface area contributed by atoms with Crippen LogP contribution in [-0.2, 0) is 16.6 Å². The Labute approximate surface area is 245 Å². The molecular formula is C37H32N2O3. The molecule has 0 saturated carbocycles. The van der Waals surface area contributed by atoms with E-state index in [0.717, 1.165) is 40.8 Å². The van der Waals surface area contributed by atoms with Gasteiger partial charge in [-0.15, -0.1) is 0 Å². The van der Waals surface area contributed by atoms with Crippen LogP contribution in [0.3, 0.4) is 0 Å². The van der Waals surface area contributed by atoms with Crippen molar-refractivity contribution >= 4 is 34.9 Å². The molecule has 1 amide bonds. The molecule has 42 heavy (non-hydrogen) atoms. The number of fused-ring (bicyclic) bond motifs is 6. The highest BCUT2D eigenvalue weighted by molar-refractivity contribution is 6.18. The highest BCUT2D eigenvalue weighted by atomic mass is 16.2. The molecule has 7 rings (SSSR count). The molecule has 1 N–H and O–H groups in total. The summed E-state index contributed by atoms with van der Waals surface area (Å²) < 4.78 is 0. The van der Waals surface area contributed by atoms with Crippen molar-refractivity contribution in [2.75, 3.05) is 10.2 Å². The smallest absolute Gasteiger partial charge is 0.238 e. The molecule has 3 aliphatic rings. The van der Waals surface area contributed by atoms with Crippen LogP contribution in [-0.4, -0.2) is 29.6 Å². The van der Waals surface area contributed by atoms with Crippen molar-refractivity contribution in [2.45, 2.75) is 44.2 Å². The second kappa shape index (κ2) is 9.95. The Hall–Kier alpha value is -4.77. The van der Waals surface area contributed by atoms with E-state index in [1.165, 1.54) is 0 Å². The van der Waals surface area contributed by atoms with Crippen LogP contribution in [0.2, 0.25) is 0 Å². The molecule has 1 saturated heterocycles. The average molecular weight is 553 g/mol. The van der Waals surface area contributed by atoms with Gasteiger partial charge in [0.1, 0.15) is 11.5 Å². The van der Waals surface area contributed by atoms with Crippen LogP contribution in [0.5, 0.6) is 0 Å². The van der Waals surface area contributed by atoms with Crippen molar-refractivity contribution in [1.82, 2.24) is 0 Å². The number of aryl methyl sites for hydroxylation is 2. The third-order valence-corrected chi connectivity index (χ3v) is 9.17. The average Bonchev–Trinajstić information content (AvgIpc) is 3.49. The molecule has 0 radical (unpaired) electrons. The van der Waals surface area contributed by atoms with Crippen LogP contribution in [0.4, 0.5) is 11.4 Å². The maximum atomic E-state index is 14.9. The molecule has 5 nitrogen and oxygen atoms in total. The Morgan fingerprint density at radius 3 is 2.33 bits per heavy atom. The number of carbonyl (C=O) groups is 3. The van der Waals surface area contributed by atoms with Crippen LogP contribution < -0.4 is 10.2 Å². The van der Waals surface area contributed by atoms with Gasteiger partial charge in [0.2, 0.25) is 5.91 Å². The van der Waals surface area contributed by atoms with Crippen LogP contribution in [0.15, 0.2) is 103 Å². The minimum Gasteiger partial charge on any atom is -0.352 e. The lowest BCUT2D eigenvalue weighted by atomic mass is 9.64. The fourth-order valence-electron chi connectivity index (χ4n) is 7.38. The van der Waals surface area contributed by atoms with Gasteiger partial charge in [0.25, 0.3) is 0 Å². The molecule has 0 bridgehead atoms. The van der Waals surface area contributed by atoms with E-state index in [1.54, 1.807) is 12.1 Å². The maximum absolute atomic E-state index is 14.9. The lowest BCUT2D eigenvalue weighted by molar-refractivity contribution is -0.121. The van der Waals surface area contributed by atoms with Crippen molar-refractivity contribution < 1.29 is 14.4 Å². The Morgan fingerprint density at radius 1 is 0.857 bits per heavy atom. The van der Waals surface area contributed by atoms with Gasteiger partial charge in [-0.25, -0.2) is 0 Å². The van der Waals surface area contributed by atoms with Crippen LogP contribution in [0, 0.1) is 12.8 Å². The summed E-state index contributed by atoms with van der Waals surface area (Å²) in [7, 11) is 0. The summed E-state index contributed by atoms with van der Waals surface area (Å²) in [6.45, 7) is 4.16. The molecule has 3 heterocycles. The van der Waals surface area contributed by atoms with E-state index in [1.807, 2.05) is 97.9 Å². The molecule has 0 aromatic heterocycles. The molecule has 4 atom stereocenters. The van der Waals surface area contributed by atoms with Gasteiger partial charge in [-0.3, -0.25) is 14.4 Å². The van der Waals surface area contributed by atoms with E-state index in [4.69, 9.17) is 0 Å². The first-order valence-electron chi connectivity index (χ1n) is 14.7. The quantitative estimate of drug-likeness (QED) is 0.267. The second-order valence-corrected chi connectivity index (χ2v) is 11.6. The van der Waals surface area contributed by atoms with Crippen LogP contribution in [0.25, 0.3) is 6.08 Å². The van der Waals surface area contributed by atoms with Crippen LogP contribution >= 0.6 is 0 Å². The normalized spacial score (nSPS) is 23.3. The number of para-hydroxylation sites is 1. The summed E-state index contributed by atoms with van der Waals surface area (Å²) in [5.41, 5.74) is 5.25. The van der Waals surface area contributed by atoms with E-state index in [0.29, 0.717) is 16.8 Å². The number of ketones is 2. The highest BCUT2D eigenvalue weighted by Gasteiger charge is 2.70. The summed E-state index contributed by atoms with van der Waals surface area (Å²) in [5.74, 6) is -1.58. The largest absolute Gasteiger partial charge is 0.352 e. The molecule has 5 heteroatoms. The van der Waals surface area contributed by atoms with Crippen molar-refractivity contribution in [3.8, 4) is 0 Å². The minimum absolute atomic E-state index is 0.169. The van der Waals surface area contributed by atoms with Gasteiger partial charge < -0.3 is 10.2 Å². The number of hydrogen-bond acceptors (Lipinski definition) is 4. The molecule has 1 fully saturated rings. The number of carbonyl (C=O) groups excluding carboxylic acids is 3. The number of hydrogen-bond donors (Lipinski definition) is 1. The summed E-state index contributed by atoms with van der Waals surface area (Å²) in [6.07, 6.45) is 5.98. The van der Waals surface area contributed by atoms with Gasteiger partial charge in [-0.05, 0) is 48.2 Å². The minimum atomic E-state index is -1.30. The number of anilines is 2. The summed E-state index contributed by atoms with van der Waals surface area (Å²) >= 11 is 0. The molecule has 1 spiro atoms. The Balaban J connectivity index is 1.50. The molecular weight excluding hydrogens is 520 g/mol. The number of Topliss-reactive ketones (excluding diaryl/α,β-unsaturated/α-hetero) is 2. The predicted molar refractivity (Wildman–Crippen MR) is 166 cm³/mol. The van der Waals surface area contributed by atoms with Gasteiger partial charge in [0.15, 0.2) is 11.6 Å². The predicted octanol–water partition coefficient (Wildman–Crippen LogP) is 6.80. The first-order valence-corrected chi connectivity index (χ1v) is 14.7. The SMILES string of the molecule is CCCc1ccc(C(=O)[C@H]2[C@@H](C(=O)c3ccccc3)N3c4ccc(C)cc4C=C[C@@H]3[C@]23C(=O)Nc2ccccc23)cc1. The first kappa shape index (κ1) is 26.1. The zero-order chi connectivity index (χ0) is 29.0. The Kier molecular flexibility index (Phi) is 6.19. The maximum Gasteiger partial charge on any atom is 0.238 e. The molecule has 0 unspecified atom stereocenters. The van der Waals surface area contributed by atoms with Crippen molar-refractivity contribution in [3.63, 3.8) is 0 Å². The van der Waals surface area contributed by atoms with E-state index in [9.17, 15) is 14.4 Å². The van der Waals surface area contributed by atoms with E-state index >= 15 is 0 Å². The van der Waals surface area contributed by atoms with Gasteiger partial charge >= 0.3 is 0 Å². The lowest BCUT2D eigenvalue weighted by Gasteiger charge is -2.37. The molecule has 4 aromatic carbocycles. The topological polar surface area (TPSA) is 66.5 Å². The fraction of sp³-hybridized carbons (Fsp3) is 0.216. The molecule has 208 valence electrons. The van der Waals surface area contributed by atoms with Gasteiger partial charge in [0, 0.05) is 22.5 Å².